The van der Waals surface area contributed by atoms with Crippen molar-refractivity contribution in [2.75, 3.05) is 19.7 Å². The topological polar surface area (TPSA) is 60.2 Å². The lowest BCUT2D eigenvalue weighted by Crippen LogP contribution is -2.34. The highest BCUT2D eigenvalue weighted by Crippen LogP contribution is 2.14. The number of nitrogens with zero attached hydrogens (tertiary/aromatic N) is 1. The van der Waals surface area contributed by atoms with Crippen LogP contribution in [0.2, 0.25) is 0 Å². The molecule has 3 N–H and O–H groups in total. The van der Waals surface area contributed by atoms with Crippen LogP contribution >= 0.6 is 0 Å². The van der Waals surface area contributed by atoms with Crippen LogP contribution in [0.4, 0.5) is 0 Å². The second-order valence-corrected chi connectivity index (χ2v) is 4.56. The number of ether oxygens (including phenoxy) is 1. The largest absolute Gasteiger partial charge is 0.377 e. The van der Waals surface area contributed by atoms with E-state index in [2.05, 4.69) is 16.4 Å². The lowest BCUT2D eigenvalue weighted by molar-refractivity contribution is 0.107. The number of rotatable bonds is 5. The molecule has 0 saturated carbocycles. The fraction of sp³-hybridized carbons (Fsp3) is 0.615. The van der Waals surface area contributed by atoms with Gasteiger partial charge in [0.05, 0.1) is 6.10 Å². The van der Waals surface area contributed by atoms with Gasteiger partial charge in [-0.2, -0.15) is 0 Å². The minimum Gasteiger partial charge on any atom is -0.377 e. The van der Waals surface area contributed by atoms with E-state index in [1.165, 1.54) is 6.42 Å². The molecule has 1 aliphatic rings. The zero-order chi connectivity index (χ0) is 12.1. The van der Waals surface area contributed by atoms with Crippen molar-refractivity contribution in [3.63, 3.8) is 0 Å². The van der Waals surface area contributed by atoms with E-state index in [-0.39, 0.29) is 6.04 Å². The van der Waals surface area contributed by atoms with Crippen molar-refractivity contribution in [2.45, 2.75) is 31.9 Å². The zero-order valence-electron chi connectivity index (χ0n) is 10.4. The van der Waals surface area contributed by atoms with E-state index in [0.717, 1.165) is 30.8 Å². The Labute approximate surface area is 103 Å². The van der Waals surface area contributed by atoms with Crippen LogP contribution in [0.15, 0.2) is 18.3 Å². The van der Waals surface area contributed by atoms with E-state index in [4.69, 9.17) is 10.5 Å². The lowest BCUT2D eigenvalue weighted by Gasteiger charge is -2.19. The summed E-state index contributed by atoms with van der Waals surface area (Å²) in [5.41, 5.74) is 7.98. The number of nitrogens with one attached hydrogen (secondary N) is 1. The molecule has 0 amide bonds. The van der Waals surface area contributed by atoms with Crippen molar-refractivity contribution in [3.8, 4) is 0 Å². The maximum absolute atomic E-state index is 5.80. The average Bonchev–Trinajstić information content (AvgIpc) is 2.85. The van der Waals surface area contributed by atoms with Gasteiger partial charge in [0.2, 0.25) is 0 Å². The second kappa shape index (κ2) is 6.10. The molecule has 0 spiro atoms. The molecule has 1 aromatic rings. The van der Waals surface area contributed by atoms with Gasteiger partial charge in [-0.25, -0.2) is 0 Å². The van der Waals surface area contributed by atoms with Gasteiger partial charge in [-0.1, -0.05) is 6.07 Å². The summed E-state index contributed by atoms with van der Waals surface area (Å²) in [5, 5.41) is 3.46. The van der Waals surface area contributed by atoms with Crippen molar-refractivity contribution in [1.29, 1.82) is 0 Å². The average molecular weight is 235 g/mol. The van der Waals surface area contributed by atoms with Gasteiger partial charge in [0.25, 0.3) is 0 Å². The van der Waals surface area contributed by atoms with Gasteiger partial charge >= 0.3 is 0 Å². The number of aryl methyl sites for hydroxylation is 1. The van der Waals surface area contributed by atoms with Gasteiger partial charge in [0, 0.05) is 37.6 Å². The molecule has 4 nitrogen and oxygen atoms in total. The van der Waals surface area contributed by atoms with Crippen LogP contribution in [0.5, 0.6) is 0 Å². The molecule has 2 unspecified atom stereocenters. The molecule has 0 aliphatic carbocycles. The molecule has 17 heavy (non-hydrogen) atoms. The fourth-order valence-electron chi connectivity index (χ4n) is 2.10. The molecule has 1 saturated heterocycles. The van der Waals surface area contributed by atoms with Crippen LogP contribution in [0, 0.1) is 6.92 Å². The third-order valence-corrected chi connectivity index (χ3v) is 3.19. The second-order valence-electron chi connectivity index (χ2n) is 4.56. The van der Waals surface area contributed by atoms with E-state index >= 15 is 0 Å². The monoisotopic (exact) mass is 235 g/mol. The Balaban J connectivity index is 1.89. The molecule has 0 aromatic carbocycles. The van der Waals surface area contributed by atoms with Gasteiger partial charge in [-0.05, 0) is 31.4 Å². The Morgan fingerprint density at radius 2 is 2.47 bits per heavy atom. The van der Waals surface area contributed by atoms with Gasteiger partial charge < -0.3 is 15.8 Å². The molecule has 2 atom stereocenters. The highest BCUT2D eigenvalue weighted by molar-refractivity contribution is 5.17. The van der Waals surface area contributed by atoms with Crippen LogP contribution < -0.4 is 11.1 Å². The summed E-state index contributed by atoms with van der Waals surface area (Å²) >= 11 is 0. The molecular formula is C13H21N3O. The van der Waals surface area contributed by atoms with E-state index in [0.29, 0.717) is 12.6 Å². The molecule has 2 heterocycles. The van der Waals surface area contributed by atoms with Gasteiger partial charge in [0.15, 0.2) is 0 Å². The Kier molecular flexibility index (Phi) is 4.48. The van der Waals surface area contributed by atoms with E-state index in [1.54, 1.807) is 0 Å². The standard InChI is InChI=1S/C13H21N3O/c1-10-4-5-11(8-15-10)13(7-14)16-9-12-3-2-6-17-12/h4-5,8,12-13,16H,2-3,6-7,9,14H2,1H3. The third-order valence-electron chi connectivity index (χ3n) is 3.19. The molecule has 0 radical (unpaired) electrons. The molecule has 1 fully saturated rings. The van der Waals surface area contributed by atoms with Gasteiger partial charge in [0.1, 0.15) is 0 Å². The summed E-state index contributed by atoms with van der Waals surface area (Å²) in [5.74, 6) is 0. The van der Waals surface area contributed by atoms with Crippen LogP contribution in [0.25, 0.3) is 0 Å². The number of pyridine rings is 1. The first-order valence-electron chi connectivity index (χ1n) is 6.27. The lowest BCUT2D eigenvalue weighted by atomic mass is 10.1. The Bertz CT molecular complexity index is 333. The fourth-order valence-corrected chi connectivity index (χ4v) is 2.10. The van der Waals surface area contributed by atoms with Gasteiger partial charge in [-0.3, -0.25) is 4.98 Å². The quantitative estimate of drug-likeness (QED) is 0.804. The van der Waals surface area contributed by atoms with Crippen molar-refractivity contribution < 1.29 is 4.74 Å². The van der Waals surface area contributed by atoms with Crippen LogP contribution in [0.3, 0.4) is 0 Å². The maximum Gasteiger partial charge on any atom is 0.0700 e. The van der Waals surface area contributed by atoms with Crippen molar-refractivity contribution in [2.24, 2.45) is 5.73 Å². The van der Waals surface area contributed by atoms with Gasteiger partial charge in [-0.15, -0.1) is 0 Å². The summed E-state index contributed by atoms with van der Waals surface area (Å²) in [6.07, 6.45) is 4.57. The predicted molar refractivity (Wildman–Crippen MR) is 67.7 cm³/mol. The smallest absolute Gasteiger partial charge is 0.0700 e. The summed E-state index contributed by atoms with van der Waals surface area (Å²) in [7, 11) is 0. The Morgan fingerprint density at radius 3 is 3.06 bits per heavy atom. The predicted octanol–water partition coefficient (Wildman–Crippen LogP) is 1.16. The number of nitrogens with two attached hydrogens (primary N) is 1. The highest BCUT2D eigenvalue weighted by Gasteiger charge is 2.17. The normalized spacial score (nSPS) is 21.6. The maximum atomic E-state index is 5.80. The van der Waals surface area contributed by atoms with Crippen molar-refractivity contribution in [1.82, 2.24) is 10.3 Å². The minimum absolute atomic E-state index is 0.173. The first-order chi connectivity index (χ1) is 8.29. The van der Waals surface area contributed by atoms with E-state index < -0.39 is 0 Å². The number of hydrogen-bond donors (Lipinski definition) is 2. The molecule has 1 aromatic heterocycles. The highest BCUT2D eigenvalue weighted by atomic mass is 16.5. The zero-order valence-corrected chi connectivity index (χ0v) is 10.4. The third kappa shape index (κ3) is 3.49. The van der Waals surface area contributed by atoms with E-state index in [1.807, 2.05) is 19.2 Å². The summed E-state index contributed by atoms with van der Waals surface area (Å²) in [6, 6.07) is 4.28. The Morgan fingerprint density at radius 1 is 1.59 bits per heavy atom. The summed E-state index contributed by atoms with van der Waals surface area (Å²) in [6.45, 7) is 4.33. The molecule has 0 bridgehead atoms. The first-order valence-corrected chi connectivity index (χ1v) is 6.27. The number of aromatic nitrogens is 1. The van der Waals surface area contributed by atoms with Crippen LogP contribution in [-0.2, 0) is 4.74 Å². The molecule has 1 aliphatic heterocycles. The SMILES string of the molecule is Cc1ccc(C(CN)NCC2CCCO2)cn1. The molecule has 94 valence electrons. The Hall–Kier alpha value is -0.970. The summed E-state index contributed by atoms with van der Waals surface area (Å²) in [4.78, 5) is 4.30. The molecular weight excluding hydrogens is 214 g/mol. The van der Waals surface area contributed by atoms with Crippen LogP contribution in [-0.4, -0.2) is 30.8 Å². The summed E-state index contributed by atoms with van der Waals surface area (Å²) < 4.78 is 5.58. The van der Waals surface area contributed by atoms with Crippen LogP contribution in [0.1, 0.15) is 30.1 Å². The number of hydrogen-bond acceptors (Lipinski definition) is 4. The minimum atomic E-state index is 0.173. The molecule has 4 heteroatoms. The van der Waals surface area contributed by atoms with E-state index in [9.17, 15) is 0 Å². The van der Waals surface area contributed by atoms with Crippen molar-refractivity contribution in [3.05, 3.63) is 29.6 Å². The molecule has 2 rings (SSSR count). The first kappa shape index (κ1) is 12.5. The van der Waals surface area contributed by atoms with Crippen molar-refractivity contribution >= 4 is 0 Å².